The van der Waals surface area contributed by atoms with E-state index in [1.54, 1.807) is 0 Å². The summed E-state index contributed by atoms with van der Waals surface area (Å²) in [5.74, 6) is 0.199. The minimum atomic E-state index is 0.0804. The molecule has 0 bridgehead atoms. The summed E-state index contributed by atoms with van der Waals surface area (Å²) in [5, 5.41) is 0. The van der Waals surface area contributed by atoms with Crippen LogP contribution < -0.4 is 0 Å². The van der Waals surface area contributed by atoms with Crippen molar-refractivity contribution in [3.63, 3.8) is 0 Å². The number of Topliss-reactive ketones (excluding diaryl/α,β-unsaturated/α-hetero) is 1. The number of ketones is 1. The summed E-state index contributed by atoms with van der Waals surface area (Å²) < 4.78 is 0. The Labute approximate surface area is 89.8 Å². The second kappa shape index (κ2) is 2.63. The topological polar surface area (TPSA) is 37.4 Å². The first-order chi connectivity index (χ1) is 7.07. The molecule has 0 aromatic heterocycles. The second-order valence-electron chi connectivity index (χ2n) is 5.60. The lowest BCUT2D eigenvalue weighted by Crippen LogP contribution is -2.50. The minimum absolute atomic E-state index is 0.0804. The molecular formula is C12H17NO2. The molecule has 0 atom stereocenters. The molecule has 0 aromatic carbocycles. The summed E-state index contributed by atoms with van der Waals surface area (Å²) in [6.45, 7) is 2.97. The van der Waals surface area contributed by atoms with E-state index in [2.05, 4.69) is 6.92 Å². The molecule has 3 nitrogen and oxygen atoms in total. The van der Waals surface area contributed by atoms with Gasteiger partial charge in [0.1, 0.15) is 5.78 Å². The van der Waals surface area contributed by atoms with Crippen LogP contribution in [0.25, 0.3) is 0 Å². The summed E-state index contributed by atoms with van der Waals surface area (Å²) in [5.41, 5.74) is 0.536. The van der Waals surface area contributed by atoms with Gasteiger partial charge >= 0.3 is 0 Å². The fourth-order valence-corrected chi connectivity index (χ4v) is 3.14. The Morgan fingerprint density at radius 3 is 2.27 bits per heavy atom. The van der Waals surface area contributed by atoms with Crippen molar-refractivity contribution in [2.24, 2.45) is 5.41 Å². The Bertz CT molecular complexity index is 340. The van der Waals surface area contributed by atoms with Crippen LogP contribution in [0, 0.1) is 5.41 Å². The number of carbonyl (C=O) groups is 2. The largest absolute Gasteiger partial charge is 0.336 e. The highest BCUT2D eigenvalue weighted by Gasteiger charge is 2.66. The number of hydrogen-bond donors (Lipinski definition) is 0. The van der Waals surface area contributed by atoms with Crippen LogP contribution in [0.2, 0.25) is 0 Å². The first-order valence-corrected chi connectivity index (χ1v) is 5.90. The van der Waals surface area contributed by atoms with Crippen molar-refractivity contribution in [1.82, 2.24) is 4.90 Å². The van der Waals surface area contributed by atoms with Crippen LogP contribution in [0.15, 0.2) is 0 Å². The van der Waals surface area contributed by atoms with Gasteiger partial charge in [0, 0.05) is 18.5 Å². The zero-order chi connectivity index (χ0) is 10.7. The molecule has 1 heterocycles. The first-order valence-electron chi connectivity index (χ1n) is 5.90. The molecule has 3 aliphatic rings. The molecule has 0 spiro atoms. The standard InChI is InChI=1S/C12H17NO2/c1-11(3-4-11)12(5-6-12)13-7-2-9(14)8-10(13)15/h2-8H2,1H3. The van der Waals surface area contributed by atoms with Crippen molar-refractivity contribution >= 4 is 11.7 Å². The predicted molar refractivity (Wildman–Crippen MR) is 55.3 cm³/mol. The molecule has 0 radical (unpaired) electrons. The third kappa shape index (κ3) is 1.18. The number of piperidine rings is 1. The van der Waals surface area contributed by atoms with Gasteiger partial charge in [0.2, 0.25) is 5.91 Å². The first kappa shape index (κ1) is 9.37. The Balaban J connectivity index is 1.82. The number of likely N-dealkylation sites (tertiary alicyclic amines) is 1. The summed E-state index contributed by atoms with van der Waals surface area (Å²) in [7, 11) is 0. The van der Waals surface area contributed by atoms with Crippen molar-refractivity contribution in [2.75, 3.05) is 6.54 Å². The molecule has 0 unspecified atom stereocenters. The zero-order valence-corrected chi connectivity index (χ0v) is 9.21. The van der Waals surface area contributed by atoms with Crippen LogP contribution >= 0.6 is 0 Å². The van der Waals surface area contributed by atoms with Gasteiger partial charge in [-0.15, -0.1) is 0 Å². The molecule has 15 heavy (non-hydrogen) atoms. The number of nitrogens with zero attached hydrogens (tertiary/aromatic N) is 1. The van der Waals surface area contributed by atoms with Gasteiger partial charge in [0.05, 0.1) is 6.42 Å². The normalized spacial score (nSPS) is 31.7. The third-order valence-electron chi connectivity index (χ3n) is 4.63. The van der Waals surface area contributed by atoms with E-state index in [0.717, 1.165) is 12.8 Å². The maximum atomic E-state index is 11.9. The maximum Gasteiger partial charge on any atom is 0.230 e. The van der Waals surface area contributed by atoms with Crippen LogP contribution in [0.5, 0.6) is 0 Å². The van der Waals surface area contributed by atoms with E-state index in [1.165, 1.54) is 12.8 Å². The van der Waals surface area contributed by atoms with Gasteiger partial charge in [-0.1, -0.05) is 6.92 Å². The van der Waals surface area contributed by atoms with E-state index in [4.69, 9.17) is 0 Å². The molecule has 0 N–H and O–H groups in total. The maximum absolute atomic E-state index is 11.9. The average molecular weight is 207 g/mol. The van der Waals surface area contributed by atoms with Gasteiger partial charge < -0.3 is 4.90 Å². The lowest BCUT2D eigenvalue weighted by molar-refractivity contribution is -0.143. The molecule has 1 saturated heterocycles. The number of amides is 1. The SMILES string of the molecule is CC1(C2(N3CCC(=O)CC3=O)CC2)CC1. The highest BCUT2D eigenvalue weighted by Crippen LogP contribution is 2.66. The van der Waals surface area contributed by atoms with E-state index in [-0.39, 0.29) is 23.7 Å². The summed E-state index contributed by atoms with van der Waals surface area (Å²) in [4.78, 5) is 25.1. The summed E-state index contributed by atoms with van der Waals surface area (Å²) in [6, 6.07) is 0. The van der Waals surface area contributed by atoms with Crippen LogP contribution in [-0.2, 0) is 9.59 Å². The van der Waals surface area contributed by atoms with Gasteiger partial charge in [-0.05, 0) is 31.1 Å². The van der Waals surface area contributed by atoms with Crippen molar-refractivity contribution in [3.05, 3.63) is 0 Å². The Kier molecular flexibility index (Phi) is 1.64. The minimum Gasteiger partial charge on any atom is -0.336 e. The molecule has 3 rings (SSSR count). The van der Waals surface area contributed by atoms with Crippen LogP contribution in [0.1, 0.15) is 45.4 Å². The zero-order valence-electron chi connectivity index (χ0n) is 9.21. The van der Waals surface area contributed by atoms with E-state index in [1.807, 2.05) is 4.90 Å². The van der Waals surface area contributed by atoms with Gasteiger partial charge in [-0.2, -0.15) is 0 Å². The highest BCUT2D eigenvalue weighted by atomic mass is 16.2. The van der Waals surface area contributed by atoms with E-state index < -0.39 is 0 Å². The van der Waals surface area contributed by atoms with Crippen LogP contribution in [0.4, 0.5) is 0 Å². The Morgan fingerprint density at radius 2 is 1.80 bits per heavy atom. The number of carbonyl (C=O) groups excluding carboxylic acids is 2. The van der Waals surface area contributed by atoms with Crippen molar-refractivity contribution in [2.45, 2.75) is 51.0 Å². The second-order valence-corrected chi connectivity index (χ2v) is 5.60. The molecule has 3 heteroatoms. The van der Waals surface area contributed by atoms with Crippen molar-refractivity contribution < 1.29 is 9.59 Å². The monoisotopic (exact) mass is 207 g/mol. The Hall–Kier alpha value is -0.860. The number of rotatable bonds is 2. The van der Waals surface area contributed by atoms with Crippen molar-refractivity contribution in [1.29, 1.82) is 0 Å². The van der Waals surface area contributed by atoms with Crippen molar-refractivity contribution in [3.8, 4) is 0 Å². The van der Waals surface area contributed by atoms with Crippen LogP contribution in [-0.4, -0.2) is 28.7 Å². The lowest BCUT2D eigenvalue weighted by atomic mass is 9.92. The molecule has 1 amide bonds. The van der Waals surface area contributed by atoms with E-state index in [9.17, 15) is 9.59 Å². The molecule has 0 aromatic rings. The quantitative estimate of drug-likeness (QED) is 0.644. The van der Waals surface area contributed by atoms with Gasteiger partial charge in [-0.3, -0.25) is 9.59 Å². The Morgan fingerprint density at radius 1 is 1.13 bits per heavy atom. The predicted octanol–water partition coefficient (Wildman–Crippen LogP) is 1.51. The van der Waals surface area contributed by atoms with Gasteiger partial charge in [0.25, 0.3) is 0 Å². The lowest BCUT2D eigenvalue weighted by Gasteiger charge is -2.38. The van der Waals surface area contributed by atoms with Crippen LogP contribution in [0.3, 0.4) is 0 Å². The van der Waals surface area contributed by atoms with Gasteiger partial charge in [0.15, 0.2) is 0 Å². The van der Waals surface area contributed by atoms with E-state index >= 15 is 0 Å². The summed E-state index contributed by atoms with van der Waals surface area (Å²) in [6.07, 6.45) is 5.55. The molecular weight excluding hydrogens is 190 g/mol. The molecule has 2 saturated carbocycles. The third-order valence-corrected chi connectivity index (χ3v) is 4.63. The summed E-state index contributed by atoms with van der Waals surface area (Å²) >= 11 is 0. The highest BCUT2D eigenvalue weighted by molar-refractivity contribution is 6.00. The number of hydrogen-bond acceptors (Lipinski definition) is 2. The van der Waals surface area contributed by atoms with Gasteiger partial charge in [-0.25, -0.2) is 0 Å². The fraction of sp³-hybridized carbons (Fsp3) is 0.833. The smallest absolute Gasteiger partial charge is 0.230 e. The molecule has 2 aliphatic carbocycles. The molecule has 82 valence electrons. The molecule has 1 aliphatic heterocycles. The fourth-order valence-electron chi connectivity index (χ4n) is 3.14. The molecule has 3 fully saturated rings. The average Bonchev–Trinajstić information content (AvgIpc) is 3.01. The van der Waals surface area contributed by atoms with E-state index in [0.29, 0.717) is 18.4 Å².